The summed E-state index contributed by atoms with van der Waals surface area (Å²) in [4.78, 5) is 15.7. The molecule has 3 aromatic rings. The number of rotatable bonds is 5. The second-order valence-corrected chi connectivity index (χ2v) is 7.84. The van der Waals surface area contributed by atoms with Gasteiger partial charge in [0.15, 0.2) is 5.76 Å². The molecular weight excluding hydrogens is 402 g/mol. The lowest BCUT2D eigenvalue weighted by Gasteiger charge is -2.02. The predicted octanol–water partition coefficient (Wildman–Crippen LogP) is 5.64. The van der Waals surface area contributed by atoms with E-state index in [-0.39, 0.29) is 0 Å². The van der Waals surface area contributed by atoms with Crippen LogP contribution >= 0.6 is 27.7 Å². The van der Waals surface area contributed by atoms with E-state index in [2.05, 4.69) is 20.9 Å². The first kappa shape index (κ1) is 17.8. The number of hydrogen-bond acceptors (Lipinski definition) is 4. The number of halogens is 1. The smallest absolute Gasteiger partial charge is 0.316 e. The first-order chi connectivity index (χ1) is 11.9. The van der Waals surface area contributed by atoms with E-state index in [1.54, 1.807) is 6.92 Å². The van der Waals surface area contributed by atoms with Crippen LogP contribution in [0.25, 0.3) is 22.6 Å². The van der Waals surface area contributed by atoms with Crippen molar-refractivity contribution >= 4 is 33.7 Å². The molecule has 0 amide bonds. The molecule has 6 heteroatoms. The van der Waals surface area contributed by atoms with Crippen molar-refractivity contribution in [2.45, 2.75) is 24.3 Å². The van der Waals surface area contributed by atoms with Crippen LogP contribution in [0.3, 0.4) is 0 Å². The quantitative estimate of drug-likeness (QED) is 0.543. The first-order valence-corrected chi connectivity index (χ1v) is 9.34. The van der Waals surface area contributed by atoms with Crippen molar-refractivity contribution in [3.63, 3.8) is 0 Å². The van der Waals surface area contributed by atoms with E-state index in [0.29, 0.717) is 16.7 Å². The Balaban J connectivity index is 2.07. The zero-order valence-corrected chi connectivity index (χ0v) is 16.1. The normalized spacial score (nSPS) is 12.1. The Bertz CT molecular complexity index is 825. The molecule has 1 heterocycles. The van der Waals surface area contributed by atoms with Crippen LogP contribution < -0.4 is 0 Å². The molecule has 128 valence electrons. The van der Waals surface area contributed by atoms with Gasteiger partial charge in [0.1, 0.15) is 10.9 Å². The number of carboxylic acids is 1. The lowest BCUT2D eigenvalue weighted by atomic mass is 10.0. The minimum absolute atomic E-state index is 0.350. The lowest BCUT2D eigenvalue weighted by Crippen LogP contribution is -2.10. The Morgan fingerprint density at radius 3 is 2.32 bits per heavy atom. The van der Waals surface area contributed by atoms with E-state index in [9.17, 15) is 4.79 Å². The molecule has 2 aromatic carbocycles. The number of aryl methyl sites for hydroxylation is 1. The summed E-state index contributed by atoms with van der Waals surface area (Å²) in [6, 6.07) is 15.8. The summed E-state index contributed by atoms with van der Waals surface area (Å²) in [5.41, 5.74) is 3.68. The third-order valence-electron chi connectivity index (χ3n) is 3.66. The van der Waals surface area contributed by atoms with E-state index in [4.69, 9.17) is 9.52 Å². The minimum Gasteiger partial charge on any atom is -0.480 e. The van der Waals surface area contributed by atoms with Crippen molar-refractivity contribution < 1.29 is 14.3 Å². The third-order valence-corrected chi connectivity index (χ3v) is 5.12. The molecule has 1 N–H and O–H groups in total. The molecule has 0 aliphatic carbocycles. The van der Waals surface area contributed by atoms with Crippen molar-refractivity contribution in [3.8, 4) is 22.6 Å². The van der Waals surface area contributed by atoms with Gasteiger partial charge >= 0.3 is 5.97 Å². The van der Waals surface area contributed by atoms with Crippen LogP contribution in [0.15, 0.2) is 62.6 Å². The predicted molar refractivity (Wildman–Crippen MR) is 103 cm³/mol. The highest BCUT2D eigenvalue weighted by molar-refractivity contribution is 9.10. The molecule has 0 aliphatic heterocycles. The van der Waals surface area contributed by atoms with E-state index in [1.165, 1.54) is 0 Å². The standard InChI is InChI=1S/C19H16BrNO3S/c1-11-3-5-14(6-4-11)17-16(13-7-9-15(20)10-8-13)21-19(24-17)25-12(2)18(22)23/h3-10,12H,1-2H3,(H,22,23). The Hall–Kier alpha value is -2.05. The van der Waals surface area contributed by atoms with Crippen LogP contribution in [-0.2, 0) is 4.79 Å². The summed E-state index contributed by atoms with van der Waals surface area (Å²) in [5, 5.41) is 8.83. The highest BCUT2D eigenvalue weighted by Gasteiger charge is 2.21. The van der Waals surface area contributed by atoms with Crippen molar-refractivity contribution in [3.05, 3.63) is 58.6 Å². The molecule has 0 saturated heterocycles. The molecule has 0 saturated carbocycles. The Morgan fingerprint density at radius 1 is 1.12 bits per heavy atom. The highest BCUT2D eigenvalue weighted by Crippen LogP contribution is 2.37. The molecule has 0 radical (unpaired) electrons. The van der Waals surface area contributed by atoms with Crippen molar-refractivity contribution in [1.82, 2.24) is 4.98 Å². The summed E-state index contributed by atoms with van der Waals surface area (Å²) in [5.74, 6) is -0.257. The zero-order valence-electron chi connectivity index (χ0n) is 13.7. The van der Waals surface area contributed by atoms with Gasteiger partial charge in [-0.05, 0) is 26.0 Å². The van der Waals surface area contributed by atoms with E-state index in [0.717, 1.165) is 32.9 Å². The first-order valence-electron chi connectivity index (χ1n) is 7.67. The number of hydrogen-bond donors (Lipinski definition) is 1. The van der Waals surface area contributed by atoms with Crippen LogP contribution in [0.2, 0.25) is 0 Å². The molecule has 0 aliphatic rings. The molecule has 1 aromatic heterocycles. The number of benzene rings is 2. The van der Waals surface area contributed by atoms with Crippen molar-refractivity contribution in [2.24, 2.45) is 0 Å². The maximum atomic E-state index is 11.1. The molecule has 0 fully saturated rings. The molecule has 0 bridgehead atoms. The molecular formula is C19H16BrNO3S. The summed E-state index contributed by atoms with van der Waals surface area (Å²) in [6.07, 6.45) is 0. The van der Waals surface area contributed by atoms with Gasteiger partial charge in [0, 0.05) is 15.6 Å². The van der Waals surface area contributed by atoms with Crippen LogP contribution in [0.1, 0.15) is 12.5 Å². The second kappa shape index (κ2) is 7.45. The average Bonchev–Trinajstić information content (AvgIpc) is 3.00. The Labute approximate surface area is 158 Å². The summed E-state index contributed by atoms with van der Waals surface area (Å²) >= 11 is 4.53. The molecule has 3 rings (SSSR count). The fourth-order valence-corrected chi connectivity index (χ4v) is 3.20. The van der Waals surface area contributed by atoms with Gasteiger partial charge in [0.2, 0.25) is 0 Å². The number of carboxylic acid groups (broad SMARTS) is 1. The molecule has 25 heavy (non-hydrogen) atoms. The molecule has 1 unspecified atom stereocenters. The SMILES string of the molecule is Cc1ccc(-c2oc(SC(C)C(=O)O)nc2-c2ccc(Br)cc2)cc1. The zero-order chi connectivity index (χ0) is 18.0. The van der Waals surface area contributed by atoms with Gasteiger partial charge in [-0.1, -0.05) is 69.7 Å². The van der Waals surface area contributed by atoms with Crippen LogP contribution in [0.5, 0.6) is 0 Å². The van der Waals surface area contributed by atoms with Gasteiger partial charge in [-0.2, -0.15) is 0 Å². The van der Waals surface area contributed by atoms with Crippen LogP contribution in [0.4, 0.5) is 0 Å². The molecule has 1 atom stereocenters. The topological polar surface area (TPSA) is 63.3 Å². The fraction of sp³-hybridized carbons (Fsp3) is 0.158. The average molecular weight is 418 g/mol. The summed E-state index contributed by atoms with van der Waals surface area (Å²) in [6.45, 7) is 3.64. The number of thioether (sulfide) groups is 1. The second-order valence-electron chi connectivity index (χ2n) is 5.63. The third kappa shape index (κ3) is 4.14. The minimum atomic E-state index is -0.898. The number of aliphatic carboxylic acids is 1. The Kier molecular flexibility index (Phi) is 5.30. The fourth-order valence-electron chi connectivity index (χ4n) is 2.26. The summed E-state index contributed by atoms with van der Waals surface area (Å²) in [7, 11) is 0. The number of oxazole rings is 1. The van der Waals surface area contributed by atoms with E-state index >= 15 is 0 Å². The lowest BCUT2D eigenvalue weighted by molar-refractivity contribution is -0.136. The largest absolute Gasteiger partial charge is 0.480 e. The van der Waals surface area contributed by atoms with Crippen LogP contribution in [-0.4, -0.2) is 21.3 Å². The maximum Gasteiger partial charge on any atom is 0.316 e. The van der Waals surface area contributed by atoms with Crippen LogP contribution in [0, 0.1) is 6.92 Å². The highest BCUT2D eigenvalue weighted by atomic mass is 79.9. The monoisotopic (exact) mass is 417 g/mol. The van der Waals surface area contributed by atoms with Gasteiger partial charge < -0.3 is 9.52 Å². The van der Waals surface area contributed by atoms with Crippen molar-refractivity contribution in [1.29, 1.82) is 0 Å². The molecule has 0 spiro atoms. The van der Waals surface area contributed by atoms with E-state index in [1.807, 2.05) is 55.5 Å². The number of nitrogens with zero attached hydrogens (tertiary/aromatic N) is 1. The van der Waals surface area contributed by atoms with Gasteiger partial charge in [-0.3, -0.25) is 4.79 Å². The number of aromatic nitrogens is 1. The maximum absolute atomic E-state index is 11.1. The number of carbonyl (C=O) groups is 1. The summed E-state index contributed by atoms with van der Waals surface area (Å²) < 4.78 is 6.90. The van der Waals surface area contributed by atoms with E-state index < -0.39 is 11.2 Å². The van der Waals surface area contributed by atoms with Gasteiger partial charge in [0.05, 0.1) is 0 Å². The van der Waals surface area contributed by atoms with Gasteiger partial charge in [0.25, 0.3) is 5.22 Å². The van der Waals surface area contributed by atoms with Crippen molar-refractivity contribution in [2.75, 3.05) is 0 Å². The van der Waals surface area contributed by atoms with Gasteiger partial charge in [-0.25, -0.2) is 4.98 Å². The van der Waals surface area contributed by atoms with Gasteiger partial charge in [-0.15, -0.1) is 0 Å². The molecule has 4 nitrogen and oxygen atoms in total. The Morgan fingerprint density at radius 2 is 1.72 bits per heavy atom.